The maximum Gasteiger partial charge on any atom is 0.191 e. The summed E-state index contributed by atoms with van der Waals surface area (Å²) < 4.78 is 1.76. The Morgan fingerprint density at radius 2 is 2.07 bits per heavy atom. The molecule has 0 amide bonds. The van der Waals surface area contributed by atoms with Gasteiger partial charge >= 0.3 is 0 Å². The third-order valence-electron chi connectivity index (χ3n) is 4.70. The van der Waals surface area contributed by atoms with Gasteiger partial charge in [-0.05, 0) is 70.1 Å². The molecule has 0 saturated heterocycles. The van der Waals surface area contributed by atoms with Gasteiger partial charge in [-0.1, -0.05) is 13.8 Å². The van der Waals surface area contributed by atoms with Crippen molar-refractivity contribution < 1.29 is 0 Å². The van der Waals surface area contributed by atoms with Crippen LogP contribution in [0, 0.1) is 0 Å². The van der Waals surface area contributed by atoms with E-state index >= 15 is 0 Å². The van der Waals surface area contributed by atoms with Crippen LogP contribution in [0.5, 0.6) is 0 Å². The van der Waals surface area contributed by atoms with Gasteiger partial charge in [-0.2, -0.15) is 5.10 Å². The van der Waals surface area contributed by atoms with Crippen molar-refractivity contribution in [3.63, 3.8) is 0 Å². The summed E-state index contributed by atoms with van der Waals surface area (Å²) in [5.41, 5.74) is 1.10. The van der Waals surface area contributed by atoms with Gasteiger partial charge in [0.2, 0.25) is 0 Å². The first-order valence-corrected chi connectivity index (χ1v) is 10.4. The van der Waals surface area contributed by atoms with E-state index in [1.807, 2.05) is 24.4 Å². The Morgan fingerprint density at radius 1 is 1.25 bits per heavy atom. The van der Waals surface area contributed by atoms with Crippen molar-refractivity contribution in [1.82, 2.24) is 30.3 Å². The molecule has 0 aliphatic heterocycles. The highest BCUT2D eigenvalue weighted by Gasteiger charge is 2.07. The number of nitrogens with zero attached hydrogens (tertiary/aromatic N) is 5. The lowest BCUT2D eigenvalue weighted by molar-refractivity contribution is 0.292. The lowest BCUT2D eigenvalue weighted by Gasteiger charge is -2.21. The predicted octanol–water partition coefficient (Wildman–Crippen LogP) is 2.83. The number of guanidine groups is 1. The standard InChI is InChI=1S/C21H35N7/c1-5-22-21(26-18(4)10-8-14-27(6-2)7-3)24-17-19-11-13-23-20(16-19)28-15-9-12-25-28/h9,11-13,15-16,18H,5-8,10,14,17H2,1-4H3,(H2,22,24,26). The minimum atomic E-state index is 0.380. The van der Waals surface area contributed by atoms with Gasteiger partial charge in [0, 0.05) is 31.2 Å². The molecule has 2 aromatic heterocycles. The Morgan fingerprint density at radius 3 is 2.75 bits per heavy atom. The smallest absolute Gasteiger partial charge is 0.191 e. The number of aromatic nitrogens is 3. The van der Waals surface area contributed by atoms with Gasteiger partial charge in [-0.15, -0.1) is 0 Å². The Labute approximate surface area is 169 Å². The third kappa shape index (κ3) is 7.31. The molecule has 1 atom stereocenters. The molecule has 0 fully saturated rings. The molecule has 28 heavy (non-hydrogen) atoms. The number of rotatable bonds is 11. The highest BCUT2D eigenvalue weighted by atomic mass is 15.3. The van der Waals surface area contributed by atoms with Gasteiger partial charge in [0.25, 0.3) is 0 Å². The van der Waals surface area contributed by atoms with Crippen LogP contribution in [0.1, 0.15) is 46.1 Å². The molecule has 1 unspecified atom stereocenters. The van der Waals surface area contributed by atoms with E-state index in [0.29, 0.717) is 12.6 Å². The number of hydrogen-bond donors (Lipinski definition) is 2. The predicted molar refractivity (Wildman–Crippen MR) is 116 cm³/mol. The fourth-order valence-corrected chi connectivity index (χ4v) is 3.05. The van der Waals surface area contributed by atoms with E-state index < -0.39 is 0 Å². The molecule has 2 N–H and O–H groups in total. The van der Waals surface area contributed by atoms with E-state index in [9.17, 15) is 0 Å². The summed E-state index contributed by atoms with van der Waals surface area (Å²) in [4.78, 5) is 11.6. The first-order chi connectivity index (χ1) is 13.7. The van der Waals surface area contributed by atoms with Crippen LogP contribution in [0.2, 0.25) is 0 Å². The lowest BCUT2D eigenvalue weighted by Crippen LogP contribution is -2.42. The van der Waals surface area contributed by atoms with Crippen LogP contribution in [0.4, 0.5) is 0 Å². The molecule has 0 aliphatic rings. The van der Waals surface area contributed by atoms with Gasteiger partial charge in [-0.25, -0.2) is 14.7 Å². The molecule has 0 saturated carbocycles. The Balaban J connectivity index is 1.90. The third-order valence-corrected chi connectivity index (χ3v) is 4.70. The summed E-state index contributed by atoms with van der Waals surface area (Å²) in [6.07, 6.45) is 7.76. The van der Waals surface area contributed by atoms with Crippen molar-refractivity contribution in [1.29, 1.82) is 0 Å². The molecule has 2 aromatic rings. The van der Waals surface area contributed by atoms with Crippen LogP contribution in [0.25, 0.3) is 5.82 Å². The van der Waals surface area contributed by atoms with E-state index in [0.717, 1.165) is 49.9 Å². The fourth-order valence-electron chi connectivity index (χ4n) is 3.05. The summed E-state index contributed by atoms with van der Waals surface area (Å²) >= 11 is 0. The summed E-state index contributed by atoms with van der Waals surface area (Å²) in [5.74, 6) is 1.66. The molecular formula is C21H35N7. The highest BCUT2D eigenvalue weighted by Crippen LogP contribution is 2.07. The van der Waals surface area contributed by atoms with Crippen LogP contribution < -0.4 is 10.6 Å². The van der Waals surface area contributed by atoms with E-state index in [4.69, 9.17) is 4.99 Å². The number of nitrogens with one attached hydrogen (secondary N) is 2. The van der Waals surface area contributed by atoms with Gasteiger partial charge < -0.3 is 15.5 Å². The van der Waals surface area contributed by atoms with E-state index in [1.54, 1.807) is 17.1 Å². The number of pyridine rings is 1. The monoisotopic (exact) mass is 385 g/mol. The second kappa shape index (κ2) is 12.1. The lowest BCUT2D eigenvalue weighted by atomic mass is 10.2. The van der Waals surface area contributed by atoms with Crippen LogP contribution in [-0.4, -0.2) is 57.8 Å². The topological polar surface area (TPSA) is 70.4 Å². The van der Waals surface area contributed by atoms with Gasteiger partial charge in [-0.3, -0.25) is 0 Å². The fraction of sp³-hybridized carbons (Fsp3) is 0.571. The van der Waals surface area contributed by atoms with Crippen LogP contribution in [-0.2, 0) is 6.54 Å². The molecular weight excluding hydrogens is 350 g/mol. The molecule has 0 aromatic carbocycles. The summed E-state index contributed by atoms with van der Waals surface area (Å²) in [6.45, 7) is 13.6. The van der Waals surface area contributed by atoms with Crippen LogP contribution in [0.15, 0.2) is 41.8 Å². The molecule has 0 aliphatic carbocycles. The van der Waals surface area contributed by atoms with Crippen LogP contribution >= 0.6 is 0 Å². The van der Waals surface area contributed by atoms with Crippen molar-refractivity contribution in [2.24, 2.45) is 4.99 Å². The largest absolute Gasteiger partial charge is 0.357 e. The average Bonchev–Trinajstić information content (AvgIpc) is 3.25. The molecule has 2 heterocycles. The minimum absolute atomic E-state index is 0.380. The molecule has 2 rings (SSSR count). The summed E-state index contributed by atoms with van der Waals surface area (Å²) in [5, 5.41) is 11.1. The summed E-state index contributed by atoms with van der Waals surface area (Å²) in [7, 11) is 0. The first kappa shape index (κ1) is 21.9. The maximum atomic E-state index is 4.75. The Kier molecular flexibility index (Phi) is 9.48. The normalized spacial score (nSPS) is 13.0. The molecule has 0 bridgehead atoms. The quantitative estimate of drug-likeness (QED) is 0.460. The molecule has 154 valence electrons. The number of hydrogen-bond acceptors (Lipinski definition) is 4. The molecule has 7 nitrogen and oxygen atoms in total. The highest BCUT2D eigenvalue weighted by molar-refractivity contribution is 5.80. The van der Waals surface area contributed by atoms with Gasteiger partial charge in [0.05, 0.1) is 6.54 Å². The Bertz CT molecular complexity index is 693. The van der Waals surface area contributed by atoms with Crippen molar-refractivity contribution >= 4 is 5.96 Å². The number of aliphatic imine (C=N–C) groups is 1. The van der Waals surface area contributed by atoms with E-state index in [-0.39, 0.29) is 0 Å². The second-order valence-corrected chi connectivity index (χ2v) is 6.88. The zero-order valence-corrected chi connectivity index (χ0v) is 17.7. The van der Waals surface area contributed by atoms with Crippen LogP contribution in [0.3, 0.4) is 0 Å². The van der Waals surface area contributed by atoms with E-state index in [1.165, 1.54) is 6.42 Å². The van der Waals surface area contributed by atoms with Crippen molar-refractivity contribution in [3.05, 3.63) is 42.4 Å². The van der Waals surface area contributed by atoms with Crippen molar-refractivity contribution in [3.8, 4) is 5.82 Å². The SMILES string of the molecule is CCNC(=NCc1ccnc(-n2cccn2)c1)NC(C)CCCN(CC)CC. The molecule has 0 radical (unpaired) electrons. The minimum Gasteiger partial charge on any atom is -0.357 e. The summed E-state index contributed by atoms with van der Waals surface area (Å²) in [6, 6.07) is 6.29. The zero-order valence-electron chi connectivity index (χ0n) is 17.7. The molecule has 0 spiro atoms. The molecule has 7 heteroatoms. The zero-order chi connectivity index (χ0) is 20.2. The first-order valence-electron chi connectivity index (χ1n) is 10.4. The van der Waals surface area contributed by atoms with E-state index in [2.05, 4.69) is 53.3 Å². The van der Waals surface area contributed by atoms with Crippen molar-refractivity contribution in [2.45, 2.75) is 53.1 Å². The van der Waals surface area contributed by atoms with Crippen molar-refractivity contribution in [2.75, 3.05) is 26.2 Å². The second-order valence-electron chi connectivity index (χ2n) is 6.88. The van der Waals surface area contributed by atoms with Gasteiger partial charge in [0.15, 0.2) is 11.8 Å². The Hall–Kier alpha value is -2.41. The average molecular weight is 386 g/mol. The van der Waals surface area contributed by atoms with Gasteiger partial charge in [0.1, 0.15) is 0 Å². The maximum absolute atomic E-state index is 4.75.